The Morgan fingerprint density at radius 3 is 2.53 bits per heavy atom. The second-order valence-electron chi connectivity index (χ2n) is 8.84. The molecule has 1 aliphatic heterocycles. The minimum Gasteiger partial charge on any atom is -0.369 e. The lowest BCUT2D eigenvalue weighted by atomic mass is 10.2. The Hall–Kier alpha value is -3.77. The van der Waals surface area contributed by atoms with Gasteiger partial charge in [0, 0.05) is 62.4 Å². The molecule has 0 spiro atoms. The first kappa shape index (κ1) is 23.9. The molecule has 0 saturated carbocycles. The fourth-order valence-electron chi connectivity index (χ4n) is 4.17. The highest BCUT2D eigenvalue weighted by molar-refractivity contribution is 7.92. The molecule has 2 N–H and O–H groups in total. The standard InChI is InChI=1S/C24H29N9O2S/c1-17-14-26-23(31(2)36(3,34)35)21(28-17)16-33-11-8-18-15-27-24(30-22(18)33)29-19-4-6-20(7-5-19)32-12-9-25-10-13-32/h4-8,11,14-15,25H,9-10,12-13,16H2,1-3H3,(H,27,29,30). The zero-order valence-electron chi connectivity index (χ0n) is 20.5. The van der Waals surface area contributed by atoms with Crippen molar-refractivity contribution in [3.05, 3.63) is 60.3 Å². The minimum absolute atomic E-state index is 0.293. The van der Waals surface area contributed by atoms with Gasteiger partial charge in [-0.3, -0.25) is 9.29 Å². The van der Waals surface area contributed by atoms with Crippen molar-refractivity contribution in [3.63, 3.8) is 0 Å². The highest BCUT2D eigenvalue weighted by Gasteiger charge is 2.20. The van der Waals surface area contributed by atoms with Crippen LogP contribution in [0.2, 0.25) is 0 Å². The summed E-state index contributed by atoms with van der Waals surface area (Å²) in [6.45, 7) is 6.11. The van der Waals surface area contributed by atoms with Crippen LogP contribution in [0.25, 0.3) is 11.0 Å². The van der Waals surface area contributed by atoms with Crippen LogP contribution in [0.3, 0.4) is 0 Å². The number of piperazine rings is 1. The summed E-state index contributed by atoms with van der Waals surface area (Å²) in [5, 5.41) is 7.52. The van der Waals surface area contributed by atoms with Gasteiger partial charge in [0.2, 0.25) is 16.0 Å². The van der Waals surface area contributed by atoms with Gasteiger partial charge in [-0.05, 0) is 37.3 Å². The zero-order chi connectivity index (χ0) is 25.3. The molecule has 12 heteroatoms. The van der Waals surface area contributed by atoms with Crippen LogP contribution in [-0.2, 0) is 16.6 Å². The predicted octanol–water partition coefficient (Wildman–Crippen LogP) is 2.13. The molecule has 11 nitrogen and oxygen atoms in total. The highest BCUT2D eigenvalue weighted by atomic mass is 32.2. The molecular weight excluding hydrogens is 478 g/mol. The molecule has 1 aromatic carbocycles. The fraction of sp³-hybridized carbons (Fsp3) is 0.333. The molecule has 0 bridgehead atoms. The lowest BCUT2D eigenvalue weighted by molar-refractivity contribution is 0.589. The number of nitrogens with zero attached hydrogens (tertiary/aromatic N) is 7. The maximum Gasteiger partial charge on any atom is 0.233 e. The monoisotopic (exact) mass is 507 g/mol. The van der Waals surface area contributed by atoms with Crippen molar-refractivity contribution in [1.29, 1.82) is 0 Å². The van der Waals surface area contributed by atoms with E-state index in [0.29, 0.717) is 35.3 Å². The molecule has 4 aromatic rings. The Kier molecular flexibility index (Phi) is 6.46. The normalized spacial score (nSPS) is 14.2. The summed E-state index contributed by atoms with van der Waals surface area (Å²) in [5.74, 6) is 0.767. The molecule has 1 aliphatic rings. The highest BCUT2D eigenvalue weighted by Crippen LogP contribution is 2.24. The van der Waals surface area contributed by atoms with E-state index < -0.39 is 10.0 Å². The quantitative estimate of drug-likeness (QED) is 0.387. The third-order valence-corrected chi connectivity index (χ3v) is 7.33. The van der Waals surface area contributed by atoms with E-state index in [2.05, 4.69) is 42.6 Å². The number of aromatic nitrogens is 5. The van der Waals surface area contributed by atoms with Gasteiger partial charge in [0.25, 0.3) is 0 Å². The molecule has 3 aromatic heterocycles. The molecule has 5 rings (SSSR count). The second kappa shape index (κ2) is 9.70. The number of fused-ring (bicyclic) bond motifs is 1. The molecule has 1 fully saturated rings. The predicted molar refractivity (Wildman–Crippen MR) is 141 cm³/mol. The lowest BCUT2D eigenvalue weighted by Gasteiger charge is -2.29. The van der Waals surface area contributed by atoms with Crippen LogP contribution in [0.1, 0.15) is 11.4 Å². The van der Waals surface area contributed by atoms with Crippen molar-refractivity contribution >= 4 is 44.2 Å². The summed E-state index contributed by atoms with van der Waals surface area (Å²) in [6, 6.07) is 10.2. The van der Waals surface area contributed by atoms with Gasteiger partial charge in [-0.25, -0.2) is 18.4 Å². The number of nitrogens with one attached hydrogen (secondary N) is 2. The Labute approximate surface area is 210 Å². The van der Waals surface area contributed by atoms with Crippen molar-refractivity contribution in [2.24, 2.45) is 0 Å². The molecule has 188 valence electrons. The van der Waals surface area contributed by atoms with E-state index in [1.165, 1.54) is 12.7 Å². The molecule has 36 heavy (non-hydrogen) atoms. The van der Waals surface area contributed by atoms with Crippen molar-refractivity contribution in [2.45, 2.75) is 13.5 Å². The van der Waals surface area contributed by atoms with Gasteiger partial charge in [-0.1, -0.05) is 0 Å². The van der Waals surface area contributed by atoms with Crippen molar-refractivity contribution < 1.29 is 8.42 Å². The summed E-state index contributed by atoms with van der Waals surface area (Å²) in [6.07, 6.45) is 6.36. The Morgan fingerprint density at radius 2 is 1.81 bits per heavy atom. The molecule has 4 heterocycles. The zero-order valence-corrected chi connectivity index (χ0v) is 21.3. The van der Waals surface area contributed by atoms with Crippen LogP contribution in [0.4, 0.5) is 23.1 Å². The Balaban J connectivity index is 1.39. The van der Waals surface area contributed by atoms with Crippen LogP contribution >= 0.6 is 0 Å². The van der Waals surface area contributed by atoms with E-state index in [1.807, 2.05) is 35.9 Å². The first-order valence-electron chi connectivity index (χ1n) is 11.7. The number of aryl methyl sites for hydroxylation is 1. The van der Waals surface area contributed by atoms with Gasteiger partial charge in [0.05, 0.1) is 24.7 Å². The van der Waals surface area contributed by atoms with Crippen molar-refractivity contribution in [2.75, 3.05) is 54.0 Å². The molecule has 0 amide bonds. The van der Waals surface area contributed by atoms with Crippen LogP contribution < -0.4 is 19.8 Å². The average Bonchev–Trinajstić information content (AvgIpc) is 3.26. The first-order chi connectivity index (χ1) is 17.3. The van der Waals surface area contributed by atoms with Gasteiger partial charge >= 0.3 is 0 Å². The molecule has 0 atom stereocenters. The van der Waals surface area contributed by atoms with Crippen molar-refractivity contribution in [1.82, 2.24) is 29.8 Å². The van der Waals surface area contributed by atoms with Gasteiger partial charge in [-0.2, -0.15) is 4.98 Å². The SMILES string of the molecule is Cc1cnc(N(C)S(C)(=O)=O)c(Cn2ccc3cnc(Nc4ccc(N5CCNCC5)cc4)nc32)n1. The van der Waals surface area contributed by atoms with E-state index in [1.54, 1.807) is 12.4 Å². The van der Waals surface area contributed by atoms with E-state index in [-0.39, 0.29) is 0 Å². The number of rotatable bonds is 7. The van der Waals surface area contributed by atoms with Crippen LogP contribution in [0, 0.1) is 6.92 Å². The number of hydrogen-bond donors (Lipinski definition) is 2. The second-order valence-corrected chi connectivity index (χ2v) is 10.9. The van der Waals surface area contributed by atoms with Crippen LogP contribution in [0.15, 0.2) is 48.9 Å². The summed E-state index contributed by atoms with van der Waals surface area (Å²) in [4.78, 5) is 20.5. The van der Waals surface area contributed by atoms with Crippen molar-refractivity contribution in [3.8, 4) is 0 Å². The van der Waals surface area contributed by atoms with Gasteiger partial charge in [-0.15, -0.1) is 0 Å². The van der Waals surface area contributed by atoms with E-state index >= 15 is 0 Å². The summed E-state index contributed by atoms with van der Waals surface area (Å²) < 4.78 is 27.3. The molecule has 0 unspecified atom stereocenters. The summed E-state index contributed by atoms with van der Waals surface area (Å²) in [5.41, 5.74) is 4.04. The molecule has 0 aliphatic carbocycles. The number of anilines is 4. The summed E-state index contributed by atoms with van der Waals surface area (Å²) >= 11 is 0. The van der Waals surface area contributed by atoms with E-state index in [4.69, 9.17) is 4.98 Å². The van der Waals surface area contributed by atoms with Crippen LogP contribution in [-0.4, -0.2) is 72.4 Å². The maximum atomic E-state index is 12.1. The number of benzene rings is 1. The van der Waals surface area contributed by atoms with Gasteiger partial charge in [0.1, 0.15) is 11.3 Å². The number of sulfonamides is 1. The molecular formula is C24H29N9O2S. The maximum absolute atomic E-state index is 12.1. The first-order valence-corrected chi connectivity index (χ1v) is 13.5. The minimum atomic E-state index is -3.48. The smallest absolute Gasteiger partial charge is 0.233 e. The Bertz CT molecular complexity index is 1480. The molecule has 1 saturated heterocycles. The average molecular weight is 508 g/mol. The third kappa shape index (κ3) is 5.09. The van der Waals surface area contributed by atoms with Crippen LogP contribution in [0.5, 0.6) is 0 Å². The Morgan fingerprint density at radius 1 is 1.06 bits per heavy atom. The van der Waals surface area contributed by atoms with Gasteiger partial charge in [0.15, 0.2) is 5.82 Å². The molecule has 0 radical (unpaired) electrons. The van der Waals surface area contributed by atoms with E-state index in [9.17, 15) is 8.42 Å². The topological polar surface area (TPSA) is 121 Å². The summed E-state index contributed by atoms with van der Waals surface area (Å²) in [7, 11) is -2.01. The third-order valence-electron chi connectivity index (χ3n) is 6.17. The van der Waals surface area contributed by atoms with E-state index in [0.717, 1.165) is 47.8 Å². The fourth-order valence-corrected chi connectivity index (χ4v) is 4.64. The lowest BCUT2D eigenvalue weighted by Crippen LogP contribution is -2.43. The van der Waals surface area contributed by atoms with Gasteiger partial charge < -0.3 is 20.1 Å². The number of hydrogen-bond acceptors (Lipinski definition) is 9. The largest absolute Gasteiger partial charge is 0.369 e.